The van der Waals surface area contributed by atoms with Crippen LogP contribution in [-0.2, 0) is 19.1 Å². The number of ether oxygens (including phenoxy) is 2. The van der Waals surface area contributed by atoms with E-state index >= 15 is 0 Å². The van der Waals surface area contributed by atoms with Crippen LogP contribution in [0.2, 0.25) is 0 Å². The zero-order valence-corrected chi connectivity index (χ0v) is 14.1. The summed E-state index contributed by atoms with van der Waals surface area (Å²) in [4.78, 5) is 46.7. The molecule has 0 saturated heterocycles. The van der Waals surface area contributed by atoms with Gasteiger partial charge in [0.1, 0.15) is 5.00 Å². The van der Waals surface area contributed by atoms with Gasteiger partial charge in [0, 0.05) is 11.8 Å². The second-order valence-corrected chi connectivity index (χ2v) is 5.74. The molecule has 0 atom stereocenters. The molecule has 0 spiro atoms. The van der Waals surface area contributed by atoms with Crippen molar-refractivity contribution in [3.05, 3.63) is 16.0 Å². The predicted octanol–water partition coefficient (Wildman–Crippen LogP) is 1.75. The highest BCUT2D eigenvalue weighted by Crippen LogP contribution is 2.32. The van der Waals surface area contributed by atoms with E-state index in [4.69, 9.17) is 4.74 Å². The number of esters is 1. The molecule has 0 saturated carbocycles. The van der Waals surface area contributed by atoms with Gasteiger partial charge in [-0.3, -0.25) is 14.9 Å². The maximum absolute atomic E-state index is 12.1. The number of carbonyl (C=O) groups is 4. The summed E-state index contributed by atoms with van der Waals surface area (Å²) in [6, 6.07) is 0. The molecule has 8 nitrogen and oxygen atoms in total. The van der Waals surface area contributed by atoms with Crippen LogP contribution in [0.3, 0.4) is 0 Å². The number of anilines is 1. The number of carbonyl (C=O) groups excluding carboxylic acids is 4. The number of aryl methyl sites for hydroxylation is 1. The summed E-state index contributed by atoms with van der Waals surface area (Å²) in [7, 11) is 0. The topological polar surface area (TPSA) is 111 Å². The molecule has 0 fully saturated rings. The minimum absolute atomic E-state index is 0.117. The lowest BCUT2D eigenvalue weighted by molar-refractivity contribution is -0.123. The maximum Gasteiger partial charge on any atom is 0.413 e. The lowest BCUT2D eigenvalue weighted by atomic mass is 10.1. The molecule has 0 unspecified atom stereocenters. The Balaban J connectivity index is 2.73. The third-order valence-electron chi connectivity index (χ3n) is 2.73. The Labute approximate surface area is 137 Å². The molecule has 1 aromatic rings. The Kier molecular flexibility index (Phi) is 6.70. The molecule has 0 radical (unpaired) electrons. The number of rotatable bonds is 5. The summed E-state index contributed by atoms with van der Waals surface area (Å²) in [5.74, 6) is -1.88. The molecule has 0 aliphatic rings. The first-order valence-corrected chi connectivity index (χ1v) is 7.59. The second-order valence-electron chi connectivity index (χ2n) is 4.51. The van der Waals surface area contributed by atoms with Crippen LogP contribution in [0.15, 0.2) is 0 Å². The zero-order chi connectivity index (χ0) is 17.6. The number of hydrogen-bond acceptors (Lipinski definition) is 7. The van der Waals surface area contributed by atoms with Crippen molar-refractivity contribution in [2.75, 3.05) is 18.5 Å². The lowest BCUT2D eigenvalue weighted by Gasteiger charge is -2.07. The van der Waals surface area contributed by atoms with Gasteiger partial charge in [-0.05, 0) is 26.3 Å². The fraction of sp³-hybridized carbons (Fsp3) is 0.429. The van der Waals surface area contributed by atoms with Gasteiger partial charge < -0.3 is 14.8 Å². The van der Waals surface area contributed by atoms with E-state index in [1.165, 1.54) is 18.3 Å². The zero-order valence-electron chi connectivity index (χ0n) is 13.3. The van der Waals surface area contributed by atoms with Gasteiger partial charge in [0.25, 0.3) is 5.91 Å². The molecule has 1 heterocycles. The number of thiophene rings is 1. The fourth-order valence-electron chi connectivity index (χ4n) is 1.64. The van der Waals surface area contributed by atoms with Crippen molar-refractivity contribution in [1.29, 1.82) is 0 Å². The molecular weight excluding hydrogens is 324 g/mol. The first-order chi connectivity index (χ1) is 10.8. The Morgan fingerprint density at radius 3 is 2.35 bits per heavy atom. The largest absolute Gasteiger partial charge is 0.452 e. The van der Waals surface area contributed by atoms with Crippen molar-refractivity contribution < 1.29 is 28.7 Å². The van der Waals surface area contributed by atoms with Crippen molar-refractivity contribution >= 4 is 40.2 Å². The van der Waals surface area contributed by atoms with E-state index in [1.807, 2.05) is 5.32 Å². The maximum atomic E-state index is 12.1. The number of alkyl carbamates (subject to hydrolysis) is 1. The minimum atomic E-state index is -0.907. The third kappa shape index (κ3) is 5.37. The van der Waals surface area contributed by atoms with Gasteiger partial charge in [-0.2, -0.15) is 0 Å². The van der Waals surface area contributed by atoms with E-state index in [2.05, 4.69) is 10.1 Å². The first-order valence-electron chi connectivity index (χ1n) is 6.77. The highest BCUT2D eigenvalue weighted by molar-refractivity contribution is 7.16. The second kappa shape index (κ2) is 8.28. The minimum Gasteiger partial charge on any atom is -0.452 e. The molecule has 1 rings (SSSR count). The average Bonchev–Trinajstić information content (AvgIpc) is 2.70. The molecular formula is C14H18N2O6S. The summed E-state index contributed by atoms with van der Waals surface area (Å²) in [5.41, 5.74) is 0.862. The summed E-state index contributed by atoms with van der Waals surface area (Å²) in [6.07, 6.45) is -0.907. The fourth-order valence-corrected chi connectivity index (χ4v) is 2.74. The number of nitrogens with one attached hydrogen (secondary N) is 2. The molecule has 0 aromatic carbocycles. The normalized spacial score (nSPS) is 9.91. The van der Waals surface area contributed by atoms with Crippen LogP contribution in [0.5, 0.6) is 0 Å². The number of imide groups is 1. The van der Waals surface area contributed by atoms with Crippen LogP contribution in [0.4, 0.5) is 9.80 Å². The van der Waals surface area contributed by atoms with Gasteiger partial charge in [-0.15, -0.1) is 11.3 Å². The van der Waals surface area contributed by atoms with Crippen LogP contribution in [0, 0.1) is 13.8 Å². The molecule has 0 aliphatic carbocycles. The predicted molar refractivity (Wildman–Crippen MR) is 83.5 cm³/mol. The van der Waals surface area contributed by atoms with Crippen LogP contribution < -0.4 is 10.6 Å². The third-order valence-corrected chi connectivity index (χ3v) is 3.85. The SMILES string of the molecule is CCOC(=O)NC(=O)COC(=O)c1c(NC(C)=O)sc(C)c1C. The van der Waals surface area contributed by atoms with Gasteiger partial charge in [-0.1, -0.05) is 0 Å². The van der Waals surface area contributed by atoms with Crippen molar-refractivity contribution in [2.45, 2.75) is 27.7 Å². The van der Waals surface area contributed by atoms with Crippen molar-refractivity contribution in [3.63, 3.8) is 0 Å². The van der Waals surface area contributed by atoms with E-state index in [1.54, 1.807) is 20.8 Å². The van der Waals surface area contributed by atoms with Crippen LogP contribution in [0.1, 0.15) is 34.6 Å². The molecule has 3 amide bonds. The molecule has 126 valence electrons. The average molecular weight is 342 g/mol. The summed E-state index contributed by atoms with van der Waals surface area (Å²) in [5, 5.41) is 4.83. The quantitative estimate of drug-likeness (QED) is 0.789. The first kappa shape index (κ1) is 18.6. The van der Waals surface area contributed by atoms with E-state index in [0.29, 0.717) is 10.6 Å². The molecule has 23 heavy (non-hydrogen) atoms. The van der Waals surface area contributed by atoms with Crippen molar-refractivity contribution in [1.82, 2.24) is 5.32 Å². The molecule has 0 aliphatic heterocycles. The number of amides is 3. The van der Waals surface area contributed by atoms with Crippen molar-refractivity contribution in [3.8, 4) is 0 Å². The summed E-state index contributed by atoms with van der Waals surface area (Å²) in [6.45, 7) is 5.92. The van der Waals surface area contributed by atoms with Crippen LogP contribution >= 0.6 is 11.3 Å². The van der Waals surface area contributed by atoms with Crippen LogP contribution in [-0.4, -0.2) is 37.1 Å². The van der Waals surface area contributed by atoms with Crippen LogP contribution in [0.25, 0.3) is 0 Å². The Morgan fingerprint density at radius 2 is 1.78 bits per heavy atom. The standard InChI is InChI=1S/C14H18N2O6S/c1-5-21-14(20)16-10(18)6-22-13(19)11-7(2)8(3)23-12(11)15-9(4)17/h5-6H2,1-4H3,(H,15,17)(H,16,18,20). The van der Waals surface area contributed by atoms with Crippen molar-refractivity contribution in [2.24, 2.45) is 0 Å². The summed E-state index contributed by atoms with van der Waals surface area (Å²) >= 11 is 1.24. The highest BCUT2D eigenvalue weighted by atomic mass is 32.1. The Morgan fingerprint density at radius 1 is 1.13 bits per heavy atom. The lowest BCUT2D eigenvalue weighted by Crippen LogP contribution is -2.34. The van der Waals surface area contributed by atoms with E-state index in [-0.39, 0.29) is 18.1 Å². The Hall–Kier alpha value is -2.42. The smallest absolute Gasteiger partial charge is 0.413 e. The van der Waals surface area contributed by atoms with Gasteiger partial charge in [0.2, 0.25) is 5.91 Å². The van der Waals surface area contributed by atoms with E-state index in [9.17, 15) is 19.2 Å². The summed E-state index contributed by atoms with van der Waals surface area (Å²) < 4.78 is 9.41. The highest BCUT2D eigenvalue weighted by Gasteiger charge is 2.22. The van der Waals surface area contributed by atoms with E-state index < -0.39 is 24.6 Å². The Bertz CT molecular complexity index is 637. The molecule has 9 heteroatoms. The van der Waals surface area contributed by atoms with Gasteiger partial charge >= 0.3 is 12.1 Å². The molecule has 1 aromatic heterocycles. The monoisotopic (exact) mass is 342 g/mol. The van der Waals surface area contributed by atoms with Gasteiger partial charge in [0.15, 0.2) is 6.61 Å². The van der Waals surface area contributed by atoms with Gasteiger partial charge in [-0.25, -0.2) is 9.59 Å². The number of hydrogen-bond donors (Lipinski definition) is 2. The van der Waals surface area contributed by atoms with Gasteiger partial charge in [0.05, 0.1) is 12.2 Å². The van der Waals surface area contributed by atoms with E-state index in [0.717, 1.165) is 4.88 Å². The molecule has 2 N–H and O–H groups in total. The molecule has 0 bridgehead atoms.